The number of aromatic nitrogens is 2. The van der Waals surface area contributed by atoms with Gasteiger partial charge < -0.3 is 14.2 Å². The van der Waals surface area contributed by atoms with Crippen LogP contribution in [0.5, 0.6) is 5.88 Å². The van der Waals surface area contributed by atoms with Gasteiger partial charge in [-0.25, -0.2) is 9.97 Å². The van der Waals surface area contributed by atoms with E-state index in [0.29, 0.717) is 48.5 Å². The maximum absolute atomic E-state index is 12.5. The Bertz CT molecular complexity index is 889. The summed E-state index contributed by atoms with van der Waals surface area (Å²) in [6.45, 7) is 8.89. The third-order valence-corrected chi connectivity index (χ3v) is 5.42. The molecule has 0 fully saturated rings. The van der Waals surface area contributed by atoms with Gasteiger partial charge in [-0.15, -0.1) is 11.3 Å². The summed E-state index contributed by atoms with van der Waals surface area (Å²) < 4.78 is 16.2. The summed E-state index contributed by atoms with van der Waals surface area (Å²) in [5, 5.41) is 3.25. The standard InChI is InChI=1S/C21H27N3O5S/c1-5-27-19(26)14-7-8-15-17(14)23-20(30-15)24-18(25)13-6-9-16(22-12-13)28-10-11-29-21(2,3)4/h6,9,12,14H,5,7-8,10-11H2,1-4H3,(H,23,24,25). The number of pyridine rings is 1. The highest BCUT2D eigenvalue weighted by Crippen LogP contribution is 2.39. The first kappa shape index (κ1) is 22.2. The van der Waals surface area contributed by atoms with Gasteiger partial charge in [0.25, 0.3) is 5.91 Å². The van der Waals surface area contributed by atoms with Crippen LogP contribution in [0.25, 0.3) is 0 Å². The maximum Gasteiger partial charge on any atom is 0.315 e. The Morgan fingerprint density at radius 2 is 2.07 bits per heavy atom. The summed E-state index contributed by atoms with van der Waals surface area (Å²) in [6, 6.07) is 3.29. The average Bonchev–Trinajstić information content (AvgIpc) is 3.25. The molecule has 9 heteroatoms. The summed E-state index contributed by atoms with van der Waals surface area (Å²) in [6.07, 6.45) is 2.92. The monoisotopic (exact) mass is 433 g/mol. The number of thiazole rings is 1. The molecule has 1 amide bonds. The lowest BCUT2D eigenvalue weighted by molar-refractivity contribution is -0.145. The van der Waals surface area contributed by atoms with E-state index in [2.05, 4.69) is 15.3 Å². The molecule has 0 bridgehead atoms. The molecule has 0 radical (unpaired) electrons. The molecule has 0 aromatic carbocycles. The van der Waals surface area contributed by atoms with E-state index in [1.54, 1.807) is 19.1 Å². The predicted octanol–water partition coefficient (Wildman–Crippen LogP) is 3.58. The molecule has 0 saturated carbocycles. The number of hydrogen-bond donors (Lipinski definition) is 1. The Morgan fingerprint density at radius 1 is 1.27 bits per heavy atom. The van der Waals surface area contributed by atoms with Crippen molar-refractivity contribution in [1.29, 1.82) is 0 Å². The first-order chi connectivity index (χ1) is 14.3. The fraction of sp³-hybridized carbons (Fsp3) is 0.524. The molecule has 3 rings (SSSR count). The van der Waals surface area contributed by atoms with Crippen molar-refractivity contribution in [2.75, 3.05) is 25.1 Å². The second kappa shape index (κ2) is 9.53. The van der Waals surface area contributed by atoms with Crippen LogP contribution in [0, 0.1) is 0 Å². The molecule has 162 valence electrons. The van der Waals surface area contributed by atoms with Crippen molar-refractivity contribution in [3.05, 3.63) is 34.5 Å². The quantitative estimate of drug-likeness (QED) is 0.502. The first-order valence-electron chi connectivity index (χ1n) is 9.97. The fourth-order valence-electron chi connectivity index (χ4n) is 3.02. The van der Waals surface area contributed by atoms with Gasteiger partial charge in [-0.3, -0.25) is 14.9 Å². The van der Waals surface area contributed by atoms with Crippen molar-refractivity contribution in [3.63, 3.8) is 0 Å². The summed E-state index contributed by atoms with van der Waals surface area (Å²) in [4.78, 5) is 34.2. The molecular formula is C21H27N3O5S. The second-order valence-corrected chi connectivity index (χ2v) is 8.90. The van der Waals surface area contributed by atoms with Crippen LogP contribution in [-0.2, 0) is 20.7 Å². The third-order valence-electron chi connectivity index (χ3n) is 4.38. The van der Waals surface area contributed by atoms with Gasteiger partial charge in [0.15, 0.2) is 5.13 Å². The summed E-state index contributed by atoms with van der Waals surface area (Å²) in [7, 11) is 0. The molecule has 1 aliphatic carbocycles. The number of rotatable bonds is 8. The minimum Gasteiger partial charge on any atom is -0.475 e. The molecule has 1 unspecified atom stereocenters. The summed E-state index contributed by atoms with van der Waals surface area (Å²) in [5.74, 6) is -0.492. The Hall–Kier alpha value is -2.52. The van der Waals surface area contributed by atoms with Crippen LogP contribution in [-0.4, -0.2) is 47.3 Å². The van der Waals surface area contributed by atoms with E-state index in [-0.39, 0.29) is 23.4 Å². The predicted molar refractivity (Wildman–Crippen MR) is 113 cm³/mol. The van der Waals surface area contributed by atoms with Gasteiger partial charge in [0.05, 0.1) is 30.1 Å². The number of esters is 1. The molecule has 2 aromatic heterocycles. The number of aryl methyl sites for hydroxylation is 1. The average molecular weight is 434 g/mol. The van der Waals surface area contributed by atoms with Crippen molar-refractivity contribution in [3.8, 4) is 5.88 Å². The lowest BCUT2D eigenvalue weighted by Gasteiger charge is -2.19. The van der Waals surface area contributed by atoms with Crippen molar-refractivity contribution < 1.29 is 23.8 Å². The van der Waals surface area contributed by atoms with Crippen molar-refractivity contribution in [2.45, 2.75) is 52.1 Å². The van der Waals surface area contributed by atoms with E-state index in [0.717, 1.165) is 11.3 Å². The zero-order chi connectivity index (χ0) is 21.7. The molecule has 30 heavy (non-hydrogen) atoms. The lowest BCUT2D eigenvalue weighted by atomic mass is 10.1. The maximum atomic E-state index is 12.5. The van der Waals surface area contributed by atoms with E-state index in [4.69, 9.17) is 14.2 Å². The van der Waals surface area contributed by atoms with Gasteiger partial charge in [0, 0.05) is 17.1 Å². The zero-order valence-corrected chi connectivity index (χ0v) is 18.5. The van der Waals surface area contributed by atoms with Crippen molar-refractivity contribution >= 4 is 28.3 Å². The zero-order valence-electron chi connectivity index (χ0n) is 17.7. The SMILES string of the molecule is CCOC(=O)C1CCc2sc(NC(=O)c3ccc(OCCOC(C)(C)C)nc3)nc21. The summed E-state index contributed by atoms with van der Waals surface area (Å²) in [5.41, 5.74) is 0.893. The number of fused-ring (bicyclic) bond motifs is 1. The number of ether oxygens (including phenoxy) is 3. The van der Waals surface area contributed by atoms with Gasteiger partial charge >= 0.3 is 5.97 Å². The van der Waals surface area contributed by atoms with E-state index < -0.39 is 0 Å². The van der Waals surface area contributed by atoms with Gasteiger partial charge in [-0.2, -0.15) is 0 Å². The minimum atomic E-state index is -0.345. The first-order valence-corrected chi connectivity index (χ1v) is 10.8. The van der Waals surface area contributed by atoms with Crippen molar-refractivity contribution in [1.82, 2.24) is 9.97 Å². The second-order valence-electron chi connectivity index (χ2n) is 7.82. The highest BCUT2D eigenvalue weighted by atomic mass is 32.1. The van der Waals surface area contributed by atoms with Crippen LogP contribution in [0.3, 0.4) is 0 Å². The number of nitrogens with one attached hydrogen (secondary N) is 1. The molecule has 0 saturated heterocycles. The van der Waals surface area contributed by atoms with Crippen LogP contribution >= 0.6 is 11.3 Å². The molecule has 8 nitrogen and oxygen atoms in total. The van der Waals surface area contributed by atoms with Gasteiger partial charge in [-0.1, -0.05) is 0 Å². The Labute approximate surface area is 180 Å². The van der Waals surface area contributed by atoms with E-state index in [1.165, 1.54) is 17.5 Å². The molecule has 2 aromatic rings. The van der Waals surface area contributed by atoms with E-state index in [1.807, 2.05) is 20.8 Å². The smallest absolute Gasteiger partial charge is 0.315 e. The highest BCUT2D eigenvalue weighted by molar-refractivity contribution is 7.16. The van der Waals surface area contributed by atoms with Gasteiger partial charge in [0.2, 0.25) is 5.88 Å². The lowest BCUT2D eigenvalue weighted by Crippen LogP contribution is -2.22. The largest absolute Gasteiger partial charge is 0.475 e. The molecule has 2 heterocycles. The topological polar surface area (TPSA) is 99.6 Å². The number of amides is 1. The molecule has 0 aliphatic heterocycles. The molecule has 0 spiro atoms. The van der Waals surface area contributed by atoms with E-state index >= 15 is 0 Å². The molecule has 1 aliphatic rings. The Balaban J connectivity index is 1.54. The summed E-state index contributed by atoms with van der Waals surface area (Å²) >= 11 is 1.39. The Kier molecular flexibility index (Phi) is 7.04. The van der Waals surface area contributed by atoms with Crippen molar-refractivity contribution in [2.24, 2.45) is 0 Å². The highest BCUT2D eigenvalue weighted by Gasteiger charge is 2.33. The number of hydrogen-bond acceptors (Lipinski definition) is 8. The molecule has 1 atom stereocenters. The number of carbonyl (C=O) groups excluding carboxylic acids is 2. The van der Waals surface area contributed by atoms with Crippen LogP contribution in [0.4, 0.5) is 5.13 Å². The van der Waals surface area contributed by atoms with E-state index in [9.17, 15) is 9.59 Å². The van der Waals surface area contributed by atoms with Crippen LogP contribution in [0.1, 0.15) is 61.0 Å². The third kappa shape index (κ3) is 5.76. The molecular weight excluding hydrogens is 406 g/mol. The Morgan fingerprint density at radius 3 is 2.73 bits per heavy atom. The normalized spacial score (nSPS) is 15.5. The van der Waals surface area contributed by atoms with Gasteiger partial charge in [0.1, 0.15) is 12.5 Å². The van der Waals surface area contributed by atoms with Crippen LogP contribution < -0.4 is 10.1 Å². The van der Waals surface area contributed by atoms with Crippen LogP contribution in [0.15, 0.2) is 18.3 Å². The van der Waals surface area contributed by atoms with Crippen LogP contribution in [0.2, 0.25) is 0 Å². The fourth-order valence-corrected chi connectivity index (χ4v) is 4.05. The number of carbonyl (C=O) groups is 2. The number of anilines is 1. The molecule has 1 N–H and O–H groups in total. The minimum absolute atomic E-state index is 0.217. The van der Waals surface area contributed by atoms with Gasteiger partial charge in [-0.05, 0) is 46.6 Å². The number of nitrogens with zero attached hydrogens (tertiary/aromatic N) is 2.